The van der Waals surface area contributed by atoms with Crippen molar-refractivity contribution in [2.24, 2.45) is 0 Å². The molecule has 0 radical (unpaired) electrons. The third-order valence-corrected chi connectivity index (χ3v) is 2.52. The van der Waals surface area contributed by atoms with Crippen molar-refractivity contribution in [2.45, 2.75) is 18.9 Å². The van der Waals surface area contributed by atoms with Crippen LogP contribution < -0.4 is 10.6 Å². The molecule has 1 fully saturated rings. The molecule has 84 valence electrons. The molecule has 5 nitrogen and oxygen atoms in total. The number of nitrogens with one attached hydrogen (secondary N) is 2. The van der Waals surface area contributed by atoms with Crippen molar-refractivity contribution in [2.75, 3.05) is 6.54 Å². The fourth-order valence-electron chi connectivity index (χ4n) is 1.68. The number of hydrogen-bond donors (Lipinski definition) is 2. The second-order valence-electron chi connectivity index (χ2n) is 3.75. The second kappa shape index (κ2) is 4.74. The molecule has 1 aliphatic rings. The highest BCUT2D eigenvalue weighted by molar-refractivity contribution is 5.94. The number of hydrogen-bond acceptors (Lipinski definition) is 3. The van der Waals surface area contributed by atoms with Crippen LogP contribution in [0.5, 0.6) is 0 Å². The summed E-state index contributed by atoms with van der Waals surface area (Å²) >= 11 is 0. The summed E-state index contributed by atoms with van der Waals surface area (Å²) in [5.74, 6) is -0.159. The Labute approximate surface area is 93.3 Å². The highest BCUT2D eigenvalue weighted by Crippen LogP contribution is 2.05. The average molecular weight is 219 g/mol. The quantitative estimate of drug-likeness (QED) is 0.740. The first-order chi connectivity index (χ1) is 7.75. The third-order valence-electron chi connectivity index (χ3n) is 2.52. The molecule has 2 N–H and O–H groups in total. The molecule has 2 amide bonds. The zero-order valence-corrected chi connectivity index (χ0v) is 8.77. The van der Waals surface area contributed by atoms with E-state index in [-0.39, 0.29) is 17.9 Å². The number of amides is 2. The molecule has 1 unspecified atom stereocenters. The van der Waals surface area contributed by atoms with E-state index in [1.807, 2.05) is 0 Å². The van der Waals surface area contributed by atoms with Gasteiger partial charge in [-0.1, -0.05) is 0 Å². The Balaban J connectivity index is 1.95. The topological polar surface area (TPSA) is 71.1 Å². The number of pyridine rings is 1. The van der Waals surface area contributed by atoms with Crippen LogP contribution in [0.4, 0.5) is 0 Å². The minimum Gasteiger partial charge on any atom is -0.356 e. The number of aromatic nitrogens is 1. The zero-order valence-electron chi connectivity index (χ0n) is 8.77. The van der Waals surface area contributed by atoms with Crippen LogP contribution in [0.2, 0.25) is 0 Å². The van der Waals surface area contributed by atoms with Gasteiger partial charge in [-0.25, -0.2) is 0 Å². The molecule has 1 aliphatic heterocycles. The standard InChI is InChI=1S/C11H13N3O2/c15-10-7-9(3-6-13-10)14-11(16)8-1-4-12-5-2-8/h1-2,4-5,9H,3,6-7H2,(H,13,15)(H,14,16). The number of piperidine rings is 1. The lowest BCUT2D eigenvalue weighted by atomic mass is 10.1. The molecule has 0 aromatic carbocycles. The summed E-state index contributed by atoms with van der Waals surface area (Å²) in [7, 11) is 0. The molecule has 0 aliphatic carbocycles. The van der Waals surface area contributed by atoms with Gasteiger partial charge in [0.25, 0.3) is 5.91 Å². The van der Waals surface area contributed by atoms with Crippen LogP contribution in [0.25, 0.3) is 0 Å². The van der Waals surface area contributed by atoms with Crippen molar-refractivity contribution >= 4 is 11.8 Å². The highest BCUT2D eigenvalue weighted by atomic mass is 16.2. The Hall–Kier alpha value is -1.91. The normalized spacial score (nSPS) is 20.0. The van der Waals surface area contributed by atoms with Crippen molar-refractivity contribution in [1.82, 2.24) is 15.6 Å². The lowest BCUT2D eigenvalue weighted by Gasteiger charge is -2.22. The maximum Gasteiger partial charge on any atom is 0.251 e. The summed E-state index contributed by atoms with van der Waals surface area (Å²) in [4.78, 5) is 26.7. The second-order valence-corrected chi connectivity index (χ2v) is 3.75. The molecule has 16 heavy (non-hydrogen) atoms. The van der Waals surface area contributed by atoms with Crippen LogP contribution in [0.15, 0.2) is 24.5 Å². The first-order valence-corrected chi connectivity index (χ1v) is 5.23. The van der Waals surface area contributed by atoms with Gasteiger partial charge in [-0.3, -0.25) is 14.6 Å². The SMILES string of the molecule is O=C1CC(NC(=O)c2ccncc2)CCN1. The Kier molecular flexibility index (Phi) is 3.14. The molecule has 1 atom stereocenters. The molecule has 1 aromatic heterocycles. The Morgan fingerprint density at radius 1 is 1.44 bits per heavy atom. The maximum atomic E-state index is 11.7. The Morgan fingerprint density at radius 2 is 2.19 bits per heavy atom. The van der Waals surface area contributed by atoms with Crippen molar-refractivity contribution in [3.8, 4) is 0 Å². The van der Waals surface area contributed by atoms with Crippen LogP contribution in [0, 0.1) is 0 Å². The highest BCUT2D eigenvalue weighted by Gasteiger charge is 2.20. The molecule has 0 bridgehead atoms. The smallest absolute Gasteiger partial charge is 0.251 e. The first-order valence-electron chi connectivity index (χ1n) is 5.23. The molecule has 1 aromatic rings. The van der Waals surface area contributed by atoms with Crippen molar-refractivity contribution in [3.63, 3.8) is 0 Å². The summed E-state index contributed by atoms with van der Waals surface area (Å²) < 4.78 is 0. The minimum absolute atomic E-state index is 0.00808. The van der Waals surface area contributed by atoms with Gasteiger partial charge in [-0.2, -0.15) is 0 Å². The van der Waals surface area contributed by atoms with Crippen molar-refractivity contribution in [3.05, 3.63) is 30.1 Å². The van der Waals surface area contributed by atoms with Gasteiger partial charge in [0.1, 0.15) is 0 Å². The van der Waals surface area contributed by atoms with Gasteiger partial charge in [0, 0.05) is 37.0 Å². The van der Waals surface area contributed by atoms with Gasteiger partial charge in [-0.05, 0) is 18.6 Å². The summed E-state index contributed by atoms with van der Waals surface area (Å²) in [6, 6.07) is 3.24. The van der Waals surface area contributed by atoms with E-state index in [1.54, 1.807) is 24.5 Å². The summed E-state index contributed by atoms with van der Waals surface area (Å²) in [5, 5.41) is 5.56. The van der Waals surface area contributed by atoms with Gasteiger partial charge >= 0.3 is 0 Å². The molecule has 2 rings (SSSR count). The van der Waals surface area contributed by atoms with E-state index in [1.165, 1.54) is 0 Å². The number of nitrogens with zero attached hydrogens (tertiary/aromatic N) is 1. The van der Waals surface area contributed by atoms with E-state index in [0.717, 1.165) is 6.42 Å². The van der Waals surface area contributed by atoms with E-state index in [2.05, 4.69) is 15.6 Å². The van der Waals surface area contributed by atoms with Gasteiger partial charge in [0.15, 0.2) is 0 Å². The molecular weight excluding hydrogens is 206 g/mol. The maximum absolute atomic E-state index is 11.7. The molecule has 2 heterocycles. The van der Waals surface area contributed by atoms with Gasteiger partial charge < -0.3 is 10.6 Å². The molecule has 5 heteroatoms. The summed E-state index contributed by atoms with van der Waals surface area (Å²) in [6.45, 7) is 0.625. The molecule has 1 saturated heterocycles. The first kappa shape index (κ1) is 10.6. The molecular formula is C11H13N3O2. The number of carbonyl (C=O) groups is 2. The zero-order chi connectivity index (χ0) is 11.4. The van der Waals surface area contributed by atoms with Crippen molar-refractivity contribution in [1.29, 1.82) is 0 Å². The predicted octanol–water partition coefficient (Wildman–Crippen LogP) is 0.0900. The van der Waals surface area contributed by atoms with E-state index < -0.39 is 0 Å². The summed E-state index contributed by atoms with van der Waals surface area (Å²) in [5.41, 5.74) is 0.570. The molecule has 0 spiro atoms. The van der Waals surface area contributed by atoms with Crippen LogP contribution in [-0.4, -0.2) is 29.4 Å². The summed E-state index contributed by atoms with van der Waals surface area (Å²) in [6.07, 6.45) is 4.28. The Bertz CT molecular complexity index is 391. The fraction of sp³-hybridized carbons (Fsp3) is 0.364. The van der Waals surface area contributed by atoms with Crippen molar-refractivity contribution < 1.29 is 9.59 Å². The van der Waals surface area contributed by atoms with Crippen LogP contribution in [-0.2, 0) is 4.79 Å². The van der Waals surface area contributed by atoms with Gasteiger partial charge in [0.2, 0.25) is 5.91 Å². The van der Waals surface area contributed by atoms with E-state index >= 15 is 0 Å². The lowest BCUT2D eigenvalue weighted by Crippen LogP contribution is -2.45. The number of rotatable bonds is 2. The number of carbonyl (C=O) groups excluding carboxylic acids is 2. The van der Waals surface area contributed by atoms with E-state index in [9.17, 15) is 9.59 Å². The predicted molar refractivity (Wildman–Crippen MR) is 57.7 cm³/mol. The van der Waals surface area contributed by atoms with E-state index in [4.69, 9.17) is 0 Å². The minimum atomic E-state index is -0.151. The van der Waals surface area contributed by atoms with Gasteiger partial charge in [0.05, 0.1) is 0 Å². The third kappa shape index (κ3) is 2.56. The van der Waals surface area contributed by atoms with Crippen LogP contribution in [0.3, 0.4) is 0 Å². The lowest BCUT2D eigenvalue weighted by molar-refractivity contribution is -0.122. The average Bonchev–Trinajstić information content (AvgIpc) is 2.30. The largest absolute Gasteiger partial charge is 0.356 e. The fourth-order valence-corrected chi connectivity index (χ4v) is 1.68. The molecule has 0 saturated carbocycles. The van der Waals surface area contributed by atoms with Gasteiger partial charge in [-0.15, -0.1) is 0 Å². The van der Waals surface area contributed by atoms with Crippen LogP contribution >= 0.6 is 0 Å². The van der Waals surface area contributed by atoms with E-state index in [0.29, 0.717) is 18.5 Å². The Morgan fingerprint density at radius 3 is 2.88 bits per heavy atom. The van der Waals surface area contributed by atoms with Crippen LogP contribution in [0.1, 0.15) is 23.2 Å². The monoisotopic (exact) mass is 219 g/mol.